The minimum atomic E-state index is -1.07. The smallest absolute Gasteiger partial charge is 0.332 e. The second-order valence-electron chi connectivity index (χ2n) is 4.78. The number of aliphatic carboxylic acids is 1. The standard InChI is InChI=1S/C14H16FNO4/c1-8(9-4-2-3-5-10(9)15)16-13(17)11-6-7-12(20-11)14(18)19/h2-5,8,11-12H,6-7H2,1H3,(H,16,17)(H,18,19)/t8-,11?,12?/m1/s1. The predicted octanol–water partition coefficient (Wildman–Crippen LogP) is 1.64. The monoisotopic (exact) mass is 281 g/mol. The second-order valence-corrected chi connectivity index (χ2v) is 4.78. The van der Waals surface area contributed by atoms with E-state index < -0.39 is 35.9 Å². The van der Waals surface area contributed by atoms with E-state index in [1.807, 2.05) is 0 Å². The average molecular weight is 281 g/mol. The molecule has 1 aliphatic rings. The molecule has 1 aliphatic heterocycles. The van der Waals surface area contributed by atoms with Gasteiger partial charge < -0.3 is 15.2 Å². The van der Waals surface area contributed by atoms with Gasteiger partial charge in [-0.2, -0.15) is 0 Å². The van der Waals surface area contributed by atoms with Crippen molar-refractivity contribution in [1.82, 2.24) is 5.32 Å². The maximum atomic E-state index is 13.6. The van der Waals surface area contributed by atoms with Gasteiger partial charge in [-0.25, -0.2) is 9.18 Å². The summed E-state index contributed by atoms with van der Waals surface area (Å²) >= 11 is 0. The van der Waals surface area contributed by atoms with Gasteiger partial charge >= 0.3 is 5.97 Å². The summed E-state index contributed by atoms with van der Waals surface area (Å²) in [6.45, 7) is 1.67. The van der Waals surface area contributed by atoms with Crippen molar-refractivity contribution in [2.45, 2.75) is 38.0 Å². The first-order valence-electron chi connectivity index (χ1n) is 6.42. The van der Waals surface area contributed by atoms with Gasteiger partial charge in [0.25, 0.3) is 0 Å². The molecule has 2 rings (SSSR count). The molecule has 1 aromatic rings. The molecule has 0 aromatic heterocycles. The maximum absolute atomic E-state index is 13.6. The summed E-state index contributed by atoms with van der Waals surface area (Å²) in [7, 11) is 0. The third-order valence-corrected chi connectivity index (χ3v) is 3.32. The van der Waals surface area contributed by atoms with Gasteiger partial charge in [-0.1, -0.05) is 18.2 Å². The number of carboxylic acids is 1. The van der Waals surface area contributed by atoms with Crippen LogP contribution in [0.3, 0.4) is 0 Å². The summed E-state index contributed by atoms with van der Waals surface area (Å²) in [5, 5.41) is 11.4. The summed E-state index contributed by atoms with van der Waals surface area (Å²) in [6, 6.07) is 5.68. The number of carboxylic acid groups (broad SMARTS) is 1. The zero-order valence-corrected chi connectivity index (χ0v) is 11.0. The quantitative estimate of drug-likeness (QED) is 0.879. The Kier molecular flexibility index (Phi) is 4.34. The van der Waals surface area contributed by atoms with Gasteiger partial charge in [0.2, 0.25) is 5.91 Å². The molecule has 0 spiro atoms. The number of rotatable bonds is 4. The van der Waals surface area contributed by atoms with E-state index in [0.717, 1.165) is 0 Å². The van der Waals surface area contributed by atoms with Crippen molar-refractivity contribution in [3.05, 3.63) is 35.6 Å². The van der Waals surface area contributed by atoms with E-state index >= 15 is 0 Å². The highest BCUT2D eigenvalue weighted by molar-refractivity contribution is 5.83. The van der Waals surface area contributed by atoms with E-state index in [2.05, 4.69) is 5.32 Å². The molecule has 0 aliphatic carbocycles. The Morgan fingerprint density at radius 1 is 1.35 bits per heavy atom. The van der Waals surface area contributed by atoms with Crippen LogP contribution in [0.1, 0.15) is 31.4 Å². The van der Waals surface area contributed by atoms with Gasteiger partial charge in [-0.3, -0.25) is 4.79 Å². The fourth-order valence-corrected chi connectivity index (χ4v) is 2.22. The average Bonchev–Trinajstić information content (AvgIpc) is 2.88. The van der Waals surface area contributed by atoms with E-state index in [4.69, 9.17) is 9.84 Å². The number of halogens is 1. The molecule has 1 aromatic carbocycles. The van der Waals surface area contributed by atoms with Gasteiger partial charge in [0.1, 0.15) is 11.9 Å². The van der Waals surface area contributed by atoms with Gasteiger partial charge in [-0.05, 0) is 25.8 Å². The molecule has 6 heteroatoms. The van der Waals surface area contributed by atoms with Crippen molar-refractivity contribution in [2.75, 3.05) is 0 Å². The van der Waals surface area contributed by atoms with Crippen molar-refractivity contribution >= 4 is 11.9 Å². The minimum Gasteiger partial charge on any atom is -0.479 e. The van der Waals surface area contributed by atoms with Crippen LogP contribution in [0.25, 0.3) is 0 Å². The molecular weight excluding hydrogens is 265 g/mol. The lowest BCUT2D eigenvalue weighted by Crippen LogP contribution is -2.37. The first-order valence-corrected chi connectivity index (χ1v) is 6.42. The van der Waals surface area contributed by atoms with E-state index in [1.165, 1.54) is 6.07 Å². The molecular formula is C14H16FNO4. The lowest BCUT2D eigenvalue weighted by atomic mass is 10.1. The Bertz CT molecular complexity index is 520. The van der Waals surface area contributed by atoms with Gasteiger partial charge in [0, 0.05) is 5.56 Å². The van der Waals surface area contributed by atoms with Crippen LogP contribution < -0.4 is 5.32 Å². The SMILES string of the molecule is C[C@@H](NC(=O)C1CCC(C(=O)O)O1)c1ccccc1F. The topological polar surface area (TPSA) is 75.6 Å². The molecule has 108 valence electrons. The third kappa shape index (κ3) is 3.14. The Morgan fingerprint density at radius 2 is 2.00 bits per heavy atom. The maximum Gasteiger partial charge on any atom is 0.332 e. The summed E-state index contributed by atoms with van der Waals surface area (Å²) in [5.41, 5.74) is 0.383. The van der Waals surface area contributed by atoms with Crippen LogP contribution in [0.2, 0.25) is 0 Å². The first kappa shape index (κ1) is 14.5. The molecule has 1 amide bonds. The van der Waals surface area contributed by atoms with E-state index in [-0.39, 0.29) is 0 Å². The third-order valence-electron chi connectivity index (χ3n) is 3.32. The lowest BCUT2D eigenvalue weighted by molar-refractivity contribution is -0.151. The molecule has 5 nitrogen and oxygen atoms in total. The molecule has 0 bridgehead atoms. The summed E-state index contributed by atoms with van der Waals surface area (Å²) in [6.07, 6.45) is -1.06. The lowest BCUT2D eigenvalue weighted by Gasteiger charge is -2.18. The summed E-state index contributed by atoms with van der Waals surface area (Å²) in [4.78, 5) is 22.7. The molecule has 1 fully saturated rings. The number of hydrogen-bond acceptors (Lipinski definition) is 3. The molecule has 3 atom stereocenters. The molecule has 1 saturated heterocycles. The number of carbonyl (C=O) groups is 2. The van der Waals surface area contributed by atoms with Crippen molar-refractivity contribution in [1.29, 1.82) is 0 Å². The molecule has 0 radical (unpaired) electrons. The van der Waals surface area contributed by atoms with Gasteiger partial charge in [0.15, 0.2) is 6.10 Å². The molecule has 2 N–H and O–H groups in total. The van der Waals surface area contributed by atoms with Crippen LogP contribution in [-0.4, -0.2) is 29.2 Å². The largest absolute Gasteiger partial charge is 0.479 e. The minimum absolute atomic E-state index is 0.307. The zero-order valence-electron chi connectivity index (χ0n) is 11.0. The van der Waals surface area contributed by atoms with Crippen molar-refractivity contribution in [2.24, 2.45) is 0 Å². The molecule has 2 unspecified atom stereocenters. The van der Waals surface area contributed by atoms with Crippen LogP contribution in [0.4, 0.5) is 4.39 Å². The van der Waals surface area contributed by atoms with Crippen LogP contribution in [-0.2, 0) is 14.3 Å². The predicted molar refractivity (Wildman–Crippen MR) is 68.5 cm³/mol. The molecule has 1 heterocycles. The fraction of sp³-hybridized carbons (Fsp3) is 0.429. The van der Waals surface area contributed by atoms with Crippen molar-refractivity contribution < 1.29 is 23.8 Å². The zero-order chi connectivity index (χ0) is 14.7. The highest BCUT2D eigenvalue weighted by Gasteiger charge is 2.35. The number of amides is 1. The molecule has 0 saturated carbocycles. The fourth-order valence-electron chi connectivity index (χ4n) is 2.22. The number of hydrogen-bond donors (Lipinski definition) is 2. The number of carbonyl (C=O) groups excluding carboxylic acids is 1. The second kappa shape index (κ2) is 6.00. The Labute approximate surface area is 115 Å². The molecule has 20 heavy (non-hydrogen) atoms. The van der Waals surface area contributed by atoms with Crippen molar-refractivity contribution in [3.63, 3.8) is 0 Å². The van der Waals surface area contributed by atoms with E-state index in [9.17, 15) is 14.0 Å². The van der Waals surface area contributed by atoms with Crippen LogP contribution in [0.15, 0.2) is 24.3 Å². The highest BCUT2D eigenvalue weighted by atomic mass is 19.1. The highest BCUT2D eigenvalue weighted by Crippen LogP contribution is 2.22. The van der Waals surface area contributed by atoms with E-state index in [1.54, 1.807) is 25.1 Å². The van der Waals surface area contributed by atoms with Crippen LogP contribution >= 0.6 is 0 Å². The van der Waals surface area contributed by atoms with Crippen LogP contribution in [0, 0.1) is 5.82 Å². The summed E-state index contributed by atoms with van der Waals surface area (Å²) in [5.74, 6) is -1.87. The Hall–Kier alpha value is -1.95. The first-order chi connectivity index (χ1) is 9.49. The number of ether oxygens (including phenoxy) is 1. The number of nitrogens with one attached hydrogen (secondary N) is 1. The van der Waals surface area contributed by atoms with Gasteiger partial charge in [0.05, 0.1) is 6.04 Å². The normalized spacial score (nSPS) is 23.3. The number of benzene rings is 1. The van der Waals surface area contributed by atoms with E-state index in [0.29, 0.717) is 18.4 Å². The Morgan fingerprint density at radius 3 is 2.60 bits per heavy atom. The van der Waals surface area contributed by atoms with Gasteiger partial charge in [-0.15, -0.1) is 0 Å². The summed E-state index contributed by atoms with van der Waals surface area (Å²) < 4.78 is 18.7. The van der Waals surface area contributed by atoms with Crippen molar-refractivity contribution in [3.8, 4) is 0 Å². The van der Waals surface area contributed by atoms with Crippen LogP contribution in [0.5, 0.6) is 0 Å². The Balaban J connectivity index is 1.95.